The second kappa shape index (κ2) is 9.47. The molecule has 6 nitrogen and oxygen atoms in total. The summed E-state index contributed by atoms with van der Waals surface area (Å²) in [6.07, 6.45) is 4.39. The number of nitrogens with zero attached hydrogens (tertiary/aromatic N) is 1. The average Bonchev–Trinajstić information content (AvgIpc) is 3.08. The van der Waals surface area contributed by atoms with Crippen LogP contribution in [-0.2, 0) is 16.1 Å². The molecule has 1 saturated heterocycles. The summed E-state index contributed by atoms with van der Waals surface area (Å²) in [4.78, 5) is 30.6. The molecule has 32 heavy (non-hydrogen) atoms. The molecule has 2 aromatic carbocycles. The topological polar surface area (TPSA) is 83.8 Å². The fourth-order valence-corrected chi connectivity index (χ4v) is 3.84. The summed E-state index contributed by atoms with van der Waals surface area (Å²) in [6.45, 7) is 2.76. The zero-order chi connectivity index (χ0) is 22.5. The number of carbonyl (C=O) groups is 2. The van der Waals surface area contributed by atoms with Crippen LogP contribution in [0, 0.1) is 0 Å². The number of amides is 1. The normalized spacial score (nSPS) is 17.5. The van der Waals surface area contributed by atoms with Crippen molar-refractivity contribution in [3.63, 3.8) is 0 Å². The molecule has 1 atom stereocenters. The van der Waals surface area contributed by atoms with Gasteiger partial charge in [0.15, 0.2) is 12.4 Å². The van der Waals surface area contributed by atoms with Crippen molar-refractivity contribution in [1.82, 2.24) is 4.90 Å². The Morgan fingerprint density at radius 2 is 1.88 bits per heavy atom. The standard InChI is InChI=1S/C26H24N2O4/c1-2-14-32-21-12-6-11-20(15-21)23-22(24(29)19-9-4-3-5-10-19)25(30)26(31)28(23)17-18-8-7-13-27-16-18/h3-13,15-16,23,29H,2,14,17H2,1H3. The lowest BCUT2D eigenvalue weighted by Gasteiger charge is -2.27. The summed E-state index contributed by atoms with van der Waals surface area (Å²) in [6, 6.07) is 18.7. The molecule has 1 aromatic heterocycles. The Balaban J connectivity index is 1.83. The number of aromatic nitrogens is 1. The molecule has 1 aliphatic rings. The number of Topliss-reactive ketones (excluding diaryl/α,β-unsaturated/α-hetero) is 1. The molecule has 4 rings (SSSR count). The Labute approximate surface area is 186 Å². The molecule has 0 saturated carbocycles. The van der Waals surface area contributed by atoms with Crippen LogP contribution in [0.5, 0.6) is 5.75 Å². The van der Waals surface area contributed by atoms with E-state index < -0.39 is 23.5 Å². The van der Waals surface area contributed by atoms with Crippen LogP contribution in [0.2, 0.25) is 0 Å². The van der Waals surface area contributed by atoms with Crippen LogP contribution in [0.15, 0.2) is 84.7 Å². The van der Waals surface area contributed by atoms with E-state index in [9.17, 15) is 14.7 Å². The summed E-state index contributed by atoms with van der Waals surface area (Å²) in [5, 5.41) is 13.4. The van der Waals surface area contributed by atoms with E-state index >= 15 is 0 Å². The maximum absolute atomic E-state index is 13.4. The number of ether oxygens (including phenoxy) is 1. The van der Waals surface area contributed by atoms with Gasteiger partial charge in [-0.25, -0.2) is 4.98 Å². The Morgan fingerprint density at radius 1 is 1.06 bits per heavy atom. The minimum atomic E-state index is -0.798. The van der Waals surface area contributed by atoms with Crippen molar-refractivity contribution in [1.29, 1.82) is 0 Å². The minimum Gasteiger partial charge on any atom is -0.872 e. The molecule has 0 radical (unpaired) electrons. The number of carbonyl (C=O) groups excluding carboxylic acids is 2. The van der Waals surface area contributed by atoms with Crippen molar-refractivity contribution in [2.24, 2.45) is 0 Å². The quantitative estimate of drug-likeness (QED) is 0.329. The van der Waals surface area contributed by atoms with Crippen LogP contribution in [0.3, 0.4) is 0 Å². The molecule has 3 aromatic rings. The molecule has 1 amide bonds. The number of aromatic amines is 1. The molecule has 0 spiro atoms. The van der Waals surface area contributed by atoms with Gasteiger partial charge in [0.1, 0.15) is 5.75 Å². The molecule has 0 bridgehead atoms. The summed E-state index contributed by atoms with van der Waals surface area (Å²) < 4.78 is 5.76. The largest absolute Gasteiger partial charge is 0.872 e. The van der Waals surface area contributed by atoms with Gasteiger partial charge in [-0.3, -0.25) is 9.59 Å². The van der Waals surface area contributed by atoms with Gasteiger partial charge >= 0.3 is 0 Å². The predicted octanol–water partition coefficient (Wildman–Crippen LogP) is 2.71. The third-order valence-corrected chi connectivity index (χ3v) is 5.34. The third kappa shape index (κ3) is 4.25. The Morgan fingerprint density at radius 3 is 2.59 bits per heavy atom. The van der Waals surface area contributed by atoms with Gasteiger partial charge in [0.05, 0.1) is 19.2 Å². The van der Waals surface area contributed by atoms with Crippen LogP contribution < -0.4 is 14.8 Å². The highest BCUT2D eigenvalue weighted by Crippen LogP contribution is 2.40. The first-order valence-corrected chi connectivity index (χ1v) is 10.6. The van der Waals surface area contributed by atoms with Gasteiger partial charge in [-0.1, -0.05) is 55.1 Å². The first-order chi connectivity index (χ1) is 15.6. The van der Waals surface area contributed by atoms with E-state index in [1.807, 2.05) is 37.3 Å². The van der Waals surface area contributed by atoms with Crippen molar-refractivity contribution in [3.8, 4) is 5.75 Å². The SMILES string of the molecule is CCCOc1cccc(C2C(=C([O-])c3ccccc3)C(=O)C(=O)N2Cc2ccc[nH+]c2)c1. The number of hydrogen-bond acceptors (Lipinski definition) is 4. The Bertz CT molecular complexity index is 1140. The third-order valence-electron chi connectivity index (χ3n) is 5.34. The van der Waals surface area contributed by atoms with E-state index in [0.29, 0.717) is 23.5 Å². The number of benzene rings is 2. The first kappa shape index (κ1) is 21.3. The molecule has 2 heterocycles. The van der Waals surface area contributed by atoms with E-state index in [0.717, 1.165) is 12.0 Å². The maximum atomic E-state index is 13.4. The second-order valence-corrected chi connectivity index (χ2v) is 7.61. The van der Waals surface area contributed by atoms with Crippen LogP contribution in [0.25, 0.3) is 5.76 Å². The van der Waals surface area contributed by atoms with Crippen molar-refractivity contribution in [3.05, 3.63) is 101 Å². The maximum Gasteiger partial charge on any atom is 0.295 e. The van der Waals surface area contributed by atoms with Gasteiger partial charge in [-0.05, 0) is 35.7 Å². The lowest BCUT2D eigenvalue weighted by atomic mass is 9.95. The number of H-pyrrole nitrogens is 1. The number of pyridine rings is 1. The number of likely N-dealkylation sites (tertiary alicyclic amines) is 1. The molecule has 1 N–H and O–H groups in total. The highest BCUT2D eigenvalue weighted by Gasteiger charge is 2.44. The Hall–Kier alpha value is -3.93. The van der Waals surface area contributed by atoms with Crippen molar-refractivity contribution in [2.45, 2.75) is 25.9 Å². The molecule has 0 aliphatic carbocycles. The minimum absolute atomic E-state index is 0.0336. The number of nitrogens with one attached hydrogen (secondary N) is 1. The molecule has 1 unspecified atom stereocenters. The lowest BCUT2D eigenvalue weighted by molar-refractivity contribution is -0.378. The molecule has 1 fully saturated rings. The highest BCUT2D eigenvalue weighted by atomic mass is 16.5. The summed E-state index contributed by atoms with van der Waals surface area (Å²) in [5.74, 6) is -1.24. The van der Waals surface area contributed by atoms with Gasteiger partial charge in [-0.15, -0.1) is 0 Å². The van der Waals surface area contributed by atoms with Crippen LogP contribution in [0.1, 0.15) is 36.1 Å². The molecule has 162 valence electrons. The van der Waals surface area contributed by atoms with E-state index in [4.69, 9.17) is 4.74 Å². The molecular weight excluding hydrogens is 404 g/mol. The number of hydrogen-bond donors (Lipinski definition) is 0. The van der Waals surface area contributed by atoms with Crippen molar-refractivity contribution in [2.75, 3.05) is 6.61 Å². The first-order valence-electron chi connectivity index (χ1n) is 10.6. The summed E-state index contributed by atoms with van der Waals surface area (Å²) in [7, 11) is 0. The molecular formula is C26H24N2O4. The smallest absolute Gasteiger partial charge is 0.295 e. The van der Waals surface area contributed by atoms with Gasteiger partial charge < -0.3 is 14.7 Å². The summed E-state index contributed by atoms with van der Waals surface area (Å²) in [5.41, 5.74) is 1.83. The summed E-state index contributed by atoms with van der Waals surface area (Å²) >= 11 is 0. The fraction of sp³-hybridized carbons (Fsp3) is 0.192. The zero-order valence-electron chi connectivity index (χ0n) is 17.8. The van der Waals surface area contributed by atoms with E-state index in [-0.39, 0.29) is 12.1 Å². The van der Waals surface area contributed by atoms with Gasteiger partial charge in [-0.2, -0.15) is 0 Å². The fourth-order valence-electron chi connectivity index (χ4n) is 3.84. The van der Waals surface area contributed by atoms with Crippen LogP contribution in [-0.4, -0.2) is 23.2 Å². The van der Waals surface area contributed by atoms with Crippen LogP contribution in [0.4, 0.5) is 0 Å². The van der Waals surface area contributed by atoms with Crippen LogP contribution >= 0.6 is 0 Å². The number of rotatable bonds is 7. The van der Waals surface area contributed by atoms with E-state index in [1.54, 1.807) is 48.8 Å². The monoisotopic (exact) mass is 428 g/mol. The van der Waals surface area contributed by atoms with Gasteiger partial charge in [0, 0.05) is 17.2 Å². The average molecular weight is 428 g/mol. The number of ketones is 1. The van der Waals surface area contributed by atoms with Gasteiger partial charge in [0.25, 0.3) is 5.91 Å². The van der Waals surface area contributed by atoms with Crippen molar-refractivity contribution < 1.29 is 24.4 Å². The Kier molecular flexibility index (Phi) is 6.31. The second-order valence-electron chi connectivity index (χ2n) is 7.61. The lowest BCUT2D eigenvalue weighted by Crippen LogP contribution is -2.29. The van der Waals surface area contributed by atoms with Crippen molar-refractivity contribution >= 4 is 17.4 Å². The highest BCUT2D eigenvalue weighted by molar-refractivity contribution is 6.46. The van der Waals surface area contributed by atoms with Gasteiger partial charge in [0.2, 0.25) is 5.78 Å². The molecule has 1 aliphatic heterocycles. The zero-order valence-corrected chi connectivity index (χ0v) is 17.8. The van der Waals surface area contributed by atoms with E-state index in [1.165, 1.54) is 4.90 Å². The van der Waals surface area contributed by atoms with E-state index in [2.05, 4.69) is 4.98 Å². The predicted molar refractivity (Wildman–Crippen MR) is 117 cm³/mol. The molecule has 6 heteroatoms.